The summed E-state index contributed by atoms with van der Waals surface area (Å²) in [4.78, 5) is 4.32. The van der Waals surface area contributed by atoms with Gasteiger partial charge in [0, 0.05) is 11.8 Å². The number of nitrogens with two attached hydrogens (primary N) is 1. The number of aromatic nitrogens is 2. The molecule has 0 bridgehead atoms. The van der Waals surface area contributed by atoms with Crippen LogP contribution in [0, 0.1) is 0 Å². The van der Waals surface area contributed by atoms with Crippen LogP contribution in [0.1, 0.15) is 11.1 Å². The summed E-state index contributed by atoms with van der Waals surface area (Å²) < 4.78 is 1.93. The number of nitrogens with zero attached hydrogens (tertiary/aromatic N) is 4. The average molecular weight is 292 g/mol. The molecule has 0 saturated heterocycles. The average Bonchev–Trinajstić information content (AvgIpc) is 3.13. The second-order valence-corrected chi connectivity index (χ2v) is 5.22. The van der Waals surface area contributed by atoms with Gasteiger partial charge in [-0.2, -0.15) is 10.5 Å². The topological polar surface area (TPSA) is 71.5 Å². The zero-order valence-corrected chi connectivity index (χ0v) is 11.9. The molecule has 0 saturated carbocycles. The number of benzene rings is 1. The Bertz CT molecular complexity index is 771. The molecule has 1 aromatic heterocycles. The number of hydrogen-bond acceptors (Lipinski definition) is 5. The van der Waals surface area contributed by atoms with E-state index < -0.39 is 6.29 Å². The number of hydrazine groups is 1. The van der Waals surface area contributed by atoms with Crippen LogP contribution in [-0.2, 0) is 6.54 Å². The number of aliphatic imine (C=N–C) groups is 1. The highest BCUT2D eigenvalue weighted by Crippen LogP contribution is 2.24. The molecule has 2 aliphatic heterocycles. The number of amidine groups is 1. The highest BCUT2D eigenvalue weighted by Gasteiger charge is 2.26. The molecule has 0 aliphatic carbocycles. The molecule has 22 heavy (non-hydrogen) atoms. The van der Waals surface area contributed by atoms with Crippen LogP contribution >= 0.6 is 0 Å². The minimum atomic E-state index is -0.402. The lowest BCUT2D eigenvalue weighted by Crippen LogP contribution is -2.42. The van der Waals surface area contributed by atoms with Crippen molar-refractivity contribution in [1.82, 2.24) is 20.2 Å². The minimum Gasteiger partial charge on any atom is -0.296 e. The lowest BCUT2D eigenvalue weighted by molar-refractivity contribution is 0.402. The van der Waals surface area contributed by atoms with Crippen molar-refractivity contribution in [2.75, 3.05) is 0 Å². The highest BCUT2D eigenvalue weighted by atomic mass is 15.6. The Morgan fingerprint density at radius 1 is 1.23 bits per heavy atom. The molecule has 3 N–H and O–H groups in total. The molecule has 1 atom stereocenters. The first-order valence-electron chi connectivity index (χ1n) is 7.14. The van der Waals surface area contributed by atoms with Crippen LogP contribution < -0.4 is 11.2 Å². The van der Waals surface area contributed by atoms with Crippen LogP contribution in [0.4, 0.5) is 0 Å². The van der Waals surface area contributed by atoms with E-state index in [1.807, 2.05) is 58.5 Å². The Balaban J connectivity index is 1.58. The van der Waals surface area contributed by atoms with Gasteiger partial charge in [0.1, 0.15) is 5.84 Å². The summed E-state index contributed by atoms with van der Waals surface area (Å²) in [6.07, 6.45) is 9.41. The van der Waals surface area contributed by atoms with Crippen LogP contribution in [0.15, 0.2) is 65.9 Å². The molecule has 0 spiro atoms. The van der Waals surface area contributed by atoms with Crippen molar-refractivity contribution in [2.24, 2.45) is 10.7 Å². The van der Waals surface area contributed by atoms with Crippen molar-refractivity contribution < 1.29 is 0 Å². The number of nitrogens with one attached hydrogen (secondary N) is 1. The number of rotatable bonds is 3. The smallest absolute Gasteiger partial charge is 0.170 e. The molecule has 3 heterocycles. The summed E-state index contributed by atoms with van der Waals surface area (Å²) in [5.41, 5.74) is 12.2. The molecule has 1 aromatic carbocycles. The lowest BCUT2D eigenvalue weighted by Gasteiger charge is -2.23. The first-order chi connectivity index (χ1) is 10.8. The van der Waals surface area contributed by atoms with Crippen LogP contribution in [0.3, 0.4) is 0 Å². The normalized spacial score (nSPS) is 19.9. The van der Waals surface area contributed by atoms with Crippen molar-refractivity contribution >= 4 is 11.5 Å². The van der Waals surface area contributed by atoms with E-state index in [4.69, 9.17) is 5.73 Å². The van der Waals surface area contributed by atoms with Gasteiger partial charge in [-0.15, -0.1) is 0 Å². The van der Waals surface area contributed by atoms with Crippen molar-refractivity contribution in [1.29, 1.82) is 0 Å². The van der Waals surface area contributed by atoms with E-state index in [2.05, 4.69) is 27.6 Å². The van der Waals surface area contributed by atoms with E-state index in [-0.39, 0.29) is 0 Å². The van der Waals surface area contributed by atoms with Gasteiger partial charge in [-0.25, -0.2) is 4.99 Å². The Kier molecular flexibility index (Phi) is 3.10. The van der Waals surface area contributed by atoms with Gasteiger partial charge >= 0.3 is 0 Å². The predicted molar refractivity (Wildman–Crippen MR) is 85.3 cm³/mol. The van der Waals surface area contributed by atoms with Gasteiger partial charge in [-0.3, -0.25) is 15.4 Å². The third kappa shape index (κ3) is 2.34. The molecule has 0 amide bonds. The first kappa shape index (κ1) is 13.0. The maximum Gasteiger partial charge on any atom is 0.170 e. The fourth-order valence-corrected chi connectivity index (χ4v) is 2.62. The Morgan fingerprint density at radius 2 is 2.09 bits per heavy atom. The summed E-state index contributed by atoms with van der Waals surface area (Å²) in [7, 11) is 0. The number of allylic oxidation sites excluding steroid dienone is 2. The molecule has 110 valence electrons. The quantitative estimate of drug-likeness (QED) is 0.894. The second kappa shape index (κ2) is 5.25. The van der Waals surface area contributed by atoms with Crippen molar-refractivity contribution in [3.8, 4) is 0 Å². The first-order valence-corrected chi connectivity index (χ1v) is 7.14. The van der Waals surface area contributed by atoms with Crippen molar-refractivity contribution in [3.63, 3.8) is 0 Å². The standard InChI is InChI=1S/C16H16N6/c17-16-19-15-8-4-7-14(22(15)20-16)13-9-18-21(11-13)10-12-5-2-1-3-6-12/h1-9,11,16,20H,10,17H2. The zero-order valence-electron chi connectivity index (χ0n) is 11.9. The lowest BCUT2D eigenvalue weighted by atomic mass is 10.2. The molecule has 2 aromatic rings. The molecule has 6 nitrogen and oxygen atoms in total. The number of fused-ring (bicyclic) bond motifs is 1. The third-order valence-corrected chi connectivity index (χ3v) is 3.62. The molecule has 6 heteroatoms. The van der Waals surface area contributed by atoms with Gasteiger partial charge < -0.3 is 0 Å². The molecule has 1 unspecified atom stereocenters. The summed E-state index contributed by atoms with van der Waals surface area (Å²) in [5, 5.41) is 6.34. The van der Waals surface area contributed by atoms with E-state index in [9.17, 15) is 0 Å². The summed E-state index contributed by atoms with van der Waals surface area (Å²) >= 11 is 0. The zero-order chi connectivity index (χ0) is 14.9. The van der Waals surface area contributed by atoms with Gasteiger partial charge in [0.25, 0.3) is 0 Å². The van der Waals surface area contributed by atoms with E-state index in [0.717, 1.165) is 23.6 Å². The Morgan fingerprint density at radius 3 is 2.95 bits per heavy atom. The maximum absolute atomic E-state index is 5.82. The fraction of sp³-hybridized carbons (Fsp3) is 0.125. The van der Waals surface area contributed by atoms with E-state index in [1.54, 1.807) is 0 Å². The number of hydrogen-bond donors (Lipinski definition) is 2. The Hall–Kier alpha value is -2.70. The molecular weight excluding hydrogens is 276 g/mol. The molecule has 0 radical (unpaired) electrons. The summed E-state index contributed by atoms with van der Waals surface area (Å²) in [6, 6.07) is 10.3. The largest absolute Gasteiger partial charge is 0.296 e. The maximum atomic E-state index is 5.82. The van der Waals surface area contributed by atoms with Crippen LogP contribution in [0.5, 0.6) is 0 Å². The molecular formula is C16H16N6. The van der Waals surface area contributed by atoms with E-state index in [0.29, 0.717) is 0 Å². The summed E-state index contributed by atoms with van der Waals surface area (Å²) in [6.45, 7) is 0.748. The van der Waals surface area contributed by atoms with Gasteiger partial charge in [0.2, 0.25) is 0 Å². The fourth-order valence-electron chi connectivity index (χ4n) is 2.62. The minimum absolute atomic E-state index is 0.402. The van der Waals surface area contributed by atoms with Crippen molar-refractivity contribution in [2.45, 2.75) is 12.8 Å². The van der Waals surface area contributed by atoms with Gasteiger partial charge in [-0.05, 0) is 17.7 Å². The predicted octanol–water partition coefficient (Wildman–Crippen LogP) is 1.30. The van der Waals surface area contributed by atoms with E-state index in [1.165, 1.54) is 5.56 Å². The van der Waals surface area contributed by atoms with Crippen molar-refractivity contribution in [3.05, 3.63) is 72.1 Å². The van der Waals surface area contributed by atoms with Gasteiger partial charge in [0.05, 0.1) is 18.4 Å². The third-order valence-electron chi connectivity index (χ3n) is 3.62. The highest BCUT2D eigenvalue weighted by molar-refractivity contribution is 6.01. The SMILES string of the molecule is NC1N=C2C=CC=C(c3cnn(Cc4ccccc4)c3)N2N1. The van der Waals surface area contributed by atoms with Gasteiger partial charge in [-0.1, -0.05) is 36.4 Å². The molecule has 2 aliphatic rings. The van der Waals surface area contributed by atoms with Crippen LogP contribution in [0.25, 0.3) is 5.70 Å². The van der Waals surface area contributed by atoms with Crippen LogP contribution in [0.2, 0.25) is 0 Å². The van der Waals surface area contributed by atoms with Gasteiger partial charge in [0.15, 0.2) is 6.29 Å². The van der Waals surface area contributed by atoms with E-state index >= 15 is 0 Å². The molecule has 0 fully saturated rings. The monoisotopic (exact) mass is 292 g/mol. The van der Waals surface area contributed by atoms with Crippen LogP contribution in [-0.4, -0.2) is 26.9 Å². The summed E-state index contributed by atoms with van der Waals surface area (Å²) in [5.74, 6) is 0.820. The molecule has 4 rings (SSSR count). The Labute approximate surface area is 128 Å². The second-order valence-electron chi connectivity index (χ2n) is 5.22.